The lowest BCUT2D eigenvalue weighted by molar-refractivity contribution is -0.131. The average Bonchev–Trinajstić information content (AvgIpc) is 2.80. The summed E-state index contributed by atoms with van der Waals surface area (Å²) in [5.41, 5.74) is 1.59. The number of nitrogens with zero attached hydrogens (tertiary/aromatic N) is 2. The maximum Gasteiger partial charge on any atom is 0.223 e. The van der Waals surface area contributed by atoms with E-state index in [0.717, 1.165) is 5.56 Å². The minimum absolute atomic E-state index is 0.0954. The number of anilines is 1. The molecule has 31 heavy (non-hydrogen) atoms. The molecular formula is C25H24F2N2O2. The van der Waals surface area contributed by atoms with Gasteiger partial charge < -0.3 is 14.5 Å². The molecule has 1 amide bonds. The minimum atomic E-state index is -0.311. The average molecular weight is 422 g/mol. The van der Waals surface area contributed by atoms with Crippen molar-refractivity contribution >= 4 is 11.6 Å². The largest absolute Gasteiger partial charge is 0.457 e. The third-order valence-corrected chi connectivity index (χ3v) is 5.40. The van der Waals surface area contributed by atoms with Gasteiger partial charge in [0.2, 0.25) is 5.91 Å². The summed E-state index contributed by atoms with van der Waals surface area (Å²) in [6, 6.07) is 20.2. The Morgan fingerprint density at radius 2 is 1.58 bits per heavy atom. The zero-order chi connectivity index (χ0) is 21.6. The zero-order valence-electron chi connectivity index (χ0n) is 17.1. The quantitative estimate of drug-likeness (QED) is 0.558. The lowest BCUT2D eigenvalue weighted by atomic mass is 10.1. The number of para-hydroxylation sites is 1. The molecule has 0 aliphatic carbocycles. The fourth-order valence-corrected chi connectivity index (χ4v) is 3.72. The van der Waals surface area contributed by atoms with Gasteiger partial charge in [-0.15, -0.1) is 0 Å². The molecule has 1 aliphatic heterocycles. The van der Waals surface area contributed by atoms with Crippen molar-refractivity contribution in [2.75, 3.05) is 31.1 Å². The smallest absolute Gasteiger partial charge is 0.223 e. The SMILES string of the molecule is O=C(CCc1cccc(Oc2ccc(F)cc2)c1)N1CCN(c2ccccc2F)CC1. The summed E-state index contributed by atoms with van der Waals surface area (Å²) in [5, 5.41) is 0. The van der Waals surface area contributed by atoms with Crippen molar-refractivity contribution in [3.8, 4) is 11.5 Å². The summed E-state index contributed by atoms with van der Waals surface area (Å²) in [5.74, 6) is 0.759. The molecule has 1 aliphatic rings. The van der Waals surface area contributed by atoms with E-state index in [1.54, 1.807) is 24.3 Å². The van der Waals surface area contributed by atoms with Crippen LogP contribution in [0.4, 0.5) is 14.5 Å². The molecule has 0 aromatic heterocycles. The van der Waals surface area contributed by atoms with E-state index in [4.69, 9.17) is 4.74 Å². The Morgan fingerprint density at radius 1 is 0.839 bits per heavy atom. The molecule has 0 bridgehead atoms. The van der Waals surface area contributed by atoms with Crippen LogP contribution in [-0.2, 0) is 11.2 Å². The topological polar surface area (TPSA) is 32.8 Å². The summed E-state index contributed by atoms with van der Waals surface area (Å²) in [7, 11) is 0. The van der Waals surface area contributed by atoms with Gasteiger partial charge in [0.15, 0.2) is 0 Å². The number of amides is 1. The third kappa shape index (κ3) is 5.40. The van der Waals surface area contributed by atoms with Crippen LogP contribution in [0.15, 0.2) is 72.8 Å². The molecule has 1 fully saturated rings. The van der Waals surface area contributed by atoms with E-state index >= 15 is 0 Å². The van der Waals surface area contributed by atoms with E-state index in [9.17, 15) is 13.6 Å². The van der Waals surface area contributed by atoms with Crippen LogP contribution in [0.25, 0.3) is 0 Å². The molecule has 0 unspecified atom stereocenters. The first-order valence-electron chi connectivity index (χ1n) is 10.4. The van der Waals surface area contributed by atoms with Gasteiger partial charge in [-0.05, 0) is 60.5 Å². The summed E-state index contributed by atoms with van der Waals surface area (Å²) in [4.78, 5) is 16.5. The molecule has 1 saturated heterocycles. The van der Waals surface area contributed by atoms with Crippen LogP contribution in [0, 0.1) is 11.6 Å². The van der Waals surface area contributed by atoms with E-state index in [1.165, 1.54) is 18.2 Å². The first kappa shape index (κ1) is 20.8. The molecule has 3 aromatic carbocycles. The highest BCUT2D eigenvalue weighted by Gasteiger charge is 2.22. The first-order chi connectivity index (χ1) is 15.1. The van der Waals surface area contributed by atoms with Gasteiger partial charge in [0, 0.05) is 32.6 Å². The zero-order valence-corrected chi connectivity index (χ0v) is 17.1. The maximum atomic E-state index is 14.0. The number of carbonyl (C=O) groups excluding carboxylic acids is 1. The standard InChI is InChI=1S/C25H24F2N2O2/c26-20-9-11-21(12-10-20)31-22-5-3-4-19(18-22)8-13-25(30)29-16-14-28(15-17-29)24-7-2-1-6-23(24)27/h1-7,9-12,18H,8,13-17H2. The van der Waals surface area contributed by atoms with Crippen LogP contribution in [0.3, 0.4) is 0 Å². The molecule has 0 atom stereocenters. The van der Waals surface area contributed by atoms with Gasteiger partial charge in [-0.2, -0.15) is 0 Å². The highest BCUT2D eigenvalue weighted by Crippen LogP contribution is 2.24. The van der Waals surface area contributed by atoms with E-state index in [1.807, 2.05) is 40.1 Å². The molecule has 4 nitrogen and oxygen atoms in total. The van der Waals surface area contributed by atoms with Crippen molar-refractivity contribution < 1.29 is 18.3 Å². The van der Waals surface area contributed by atoms with E-state index in [-0.39, 0.29) is 17.5 Å². The summed E-state index contributed by atoms with van der Waals surface area (Å²) < 4.78 is 32.8. The predicted molar refractivity (Wildman–Crippen MR) is 116 cm³/mol. The van der Waals surface area contributed by atoms with Gasteiger partial charge in [-0.3, -0.25) is 4.79 Å². The lowest BCUT2D eigenvalue weighted by Gasteiger charge is -2.36. The second-order valence-corrected chi connectivity index (χ2v) is 7.52. The Balaban J connectivity index is 1.28. The number of halogens is 2. The van der Waals surface area contributed by atoms with Crippen molar-refractivity contribution in [2.45, 2.75) is 12.8 Å². The fraction of sp³-hybridized carbons (Fsp3) is 0.240. The molecule has 0 radical (unpaired) electrons. The Morgan fingerprint density at radius 3 is 2.32 bits per heavy atom. The van der Waals surface area contributed by atoms with Crippen LogP contribution >= 0.6 is 0 Å². The number of benzene rings is 3. The first-order valence-corrected chi connectivity index (χ1v) is 10.4. The normalized spacial score (nSPS) is 13.9. The van der Waals surface area contributed by atoms with E-state index in [2.05, 4.69) is 0 Å². The summed E-state index contributed by atoms with van der Waals surface area (Å²) >= 11 is 0. The summed E-state index contributed by atoms with van der Waals surface area (Å²) in [6.07, 6.45) is 1.01. The molecule has 160 valence electrons. The number of ether oxygens (including phenoxy) is 1. The van der Waals surface area contributed by atoms with Crippen molar-refractivity contribution in [1.29, 1.82) is 0 Å². The number of aryl methyl sites for hydroxylation is 1. The number of carbonyl (C=O) groups is 1. The molecule has 0 N–H and O–H groups in total. The Hall–Kier alpha value is -3.41. The second kappa shape index (κ2) is 9.60. The van der Waals surface area contributed by atoms with Gasteiger partial charge in [0.1, 0.15) is 23.1 Å². The Labute approximate surface area is 180 Å². The fourth-order valence-electron chi connectivity index (χ4n) is 3.72. The number of piperazine rings is 1. The number of hydrogen-bond donors (Lipinski definition) is 0. The number of hydrogen-bond acceptors (Lipinski definition) is 3. The molecule has 4 rings (SSSR count). The van der Waals surface area contributed by atoms with Crippen molar-refractivity contribution in [2.24, 2.45) is 0 Å². The summed E-state index contributed by atoms with van der Waals surface area (Å²) in [6.45, 7) is 2.41. The van der Waals surface area contributed by atoms with Gasteiger partial charge in [-0.25, -0.2) is 8.78 Å². The van der Waals surface area contributed by atoms with Crippen molar-refractivity contribution in [3.05, 3.63) is 90.0 Å². The highest BCUT2D eigenvalue weighted by molar-refractivity contribution is 5.76. The molecule has 0 saturated carbocycles. The molecule has 3 aromatic rings. The van der Waals surface area contributed by atoms with E-state index in [0.29, 0.717) is 56.2 Å². The predicted octanol–water partition coefficient (Wildman–Crippen LogP) is 5.04. The van der Waals surface area contributed by atoms with Gasteiger partial charge in [0.25, 0.3) is 0 Å². The van der Waals surface area contributed by atoms with Gasteiger partial charge in [-0.1, -0.05) is 24.3 Å². The minimum Gasteiger partial charge on any atom is -0.457 e. The monoisotopic (exact) mass is 422 g/mol. The third-order valence-electron chi connectivity index (χ3n) is 5.40. The Bertz CT molecular complexity index is 1030. The van der Waals surface area contributed by atoms with Crippen molar-refractivity contribution in [1.82, 2.24) is 4.90 Å². The molecule has 1 heterocycles. The Kier molecular flexibility index (Phi) is 6.46. The van der Waals surface area contributed by atoms with E-state index < -0.39 is 0 Å². The highest BCUT2D eigenvalue weighted by atomic mass is 19.1. The van der Waals surface area contributed by atoms with Gasteiger partial charge in [0.05, 0.1) is 5.69 Å². The van der Waals surface area contributed by atoms with Crippen LogP contribution < -0.4 is 9.64 Å². The van der Waals surface area contributed by atoms with Crippen molar-refractivity contribution in [3.63, 3.8) is 0 Å². The molecule has 0 spiro atoms. The van der Waals surface area contributed by atoms with Crippen LogP contribution in [0.5, 0.6) is 11.5 Å². The van der Waals surface area contributed by atoms with Gasteiger partial charge >= 0.3 is 0 Å². The van der Waals surface area contributed by atoms with Crippen LogP contribution in [-0.4, -0.2) is 37.0 Å². The lowest BCUT2D eigenvalue weighted by Crippen LogP contribution is -2.49. The second-order valence-electron chi connectivity index (χ2n) is 7.52. The van der Waals surface area contributed by atoms with Crippen LogP contribution in [0.2, 0.25) is 0 Å². The van der Waals surface area contributed by atoms with Crippen LogP contribution in [0.1, 0.15) is 12.0 Å². The molecule has 6 heteroatoms. The number of rotatable bonds is 6. The molecular weight excluding hydrogens is 398 g/mol. The maximum absolute atomic E-state index is 14.0.